The van der Waals surface area contributed by atoms with Crippen molar-refractivity contribution in [1.82, 2.24) is 9.78 Å². The Balaban J connectivity index is 1.94. The van der Waals surface area contributed by atoms with Crippen LogP contribution in [0, 0.1) is 0 Å². The molecule has 0 bridgehead atoms. The first kappa shape index (κ1) is 15.0. The number of rotatable bonds is 7. The molecule has 0 spiro atoms. The van der Waals surface area contributed by atoms with E-state index in [1.807, 2.05) is 0 Å². The molecule has 6 nitrogen and oxygen atoms in total. The van der Waals surface area contributed by atoms with E-state index >= 15 is 0 Å². The van der Waals surface area contributed by atoms with Crippen LogP contribution < -0.4 is 10.5 Å². The molecule has 1 fully saturated rings. The van der Waals surface area contributed by atoms with Gasteiger partial charge < -0.3 is 14.7 Å². The van der Waals surface area contributed by atoms with Crippen molar-refractivity contribution >= 4 is 5.69 Å². The number of aromatic nitrogens is 2. The maximum atomic E-state index is 12.0. The van der Waals surface area contributed by atoms with E-state index in [1.165, 1.54) is 4.68 Å². The summed E-state index contributed by atoms with van der Waals surface area (Å²) in [6.45, 7) is 2.54. The van der Waals surface area contributed by atoms with Crippen molar-refractivity contribution in [1.29, 1.82) is 0 Å². The number of anilines is 1. The molecule has 2 rings (SSSR count). The highest BCUT2D eigenvalue weighted by Gasteiger charge is 2.22. The van der Waals surface area contributed by atoms with Crippen LogP contribution in [0.3, 0.4) is 0 Å². The number of methoxy groups -OCH3 is 1. The lowest BCUT2D eigenvalue weighted by atomic mass is 10.2. The maximum Gasteiger partial charge on any atom is 0.268 e. The molecule has 1 aromatic heterocycles. The molecule has 1 aromatic rings. The predicted octanol–water partition coefficient (Wildman–Crippen LogP) is 0.631. The first-order valence-electron chi connectivity index (χ1n) is 7.20. The second-order valence-corrected chi connectivity index (χ2v) is 5.15. The lowest BCUT2D eigenvalue weighted by molar-refractivity contribution is 0.121. The van der Waals surface area contributed by atoms with E-state index in [4.69, 9.17) is 9.84 Å². The summed E-state index contributed by atoms with van der Waals surface area (Å²) in [6, 6.07) is 1.65. The van der Waals surface area contributed by atoms with Gasteiger partial charge >= 0.3 is 0 Å². The van der Waals surface area contributed by atoms with Gasteiger partial charge in [0.15, 0.2) is 0 Å². The molecule has 1 aliphatic rings. The van der Waals surface area contributed by atoms with Crippen LogP contribution in [0.5, 0.6) is 0 Å². The van der Waals surface area contributed by atoms with Crippen LogP contribution in [0.25, 0.3) is 0 Å². The van der Waals surface area contributed by atoms with E-state index in [9.17, 15) is 4.79 Å². The topological polar surface area (TPSA) is 67.6 Å². The number of nitrogens with zero attached hydrogens (tertiary/aromatic N) is 3. The highest BCUT2D eigenvalue weighted by molar-refractivity contribution is 5.44. The van der Waals surface area contributed by atoms with Crippen LogP contribution in [-0.4, -0.2) is 47.8 Å². The first-order valence-corrected chi connectivity index (χ1v) is 7.20. The molecule has 20 heavy (non-hydrogen) atoms. The van der Waals surface area contributed by atoms with E-state index in [0.717, 1.165) is 44.5 Å². The molecule has 1 aliphatic heterocycles. The molecule has 1 saturated heterocycles. The number of hydrogen-bond acceptors (Lipinski definition) is 5. The molecule has 1 atom stereocenters. The van der Waals surface area contributed by atoms with Gasteiger partial charge in [-0.1, -0.05) is 0 Å². The van der Waals surface area contributed by atoms with Crippen LogP contribution in [0.2, 0.25) is 0 Å². The fraction of sp³-hybridized carbons (Fsp3) is 0.714. The zero-order valence-electron chi connectivity index (χ0n) is 12.0. The minimum absolute atomic E-state index is 0.0626. The molecule has 112 valence electrons. The Labute approximate surface area is 119 Å². The fourth-order valence-corrected chi connectivity index (χ4v) is 2.47. The molecule has 0 radical (unpaired) electrons. The standard InChI is InChI=1S/C14H23N3O3/c1-20-13-5-7-16(11-13)12-9-14(19)17(15-10-12)6-3-2-4-8-18/h9-10,13,18H,2-8,11H2,1H3. The summed E-state index contributed by atoms with van der Waals surface area (Å²) in [6.07, 6.45) is 5.54. The number of hydrogen-bond donors (Lipinski definition) is 1. The van der Waals surface area contributed by atoms with Crippen LogP contribution in [-0.2, 0) is 11.3 Å². The Hall–Kier alpha value is -1.40. The van der Waals surface area contributed by atoms with Gasteiger partial charge in [-0.2, -0.15) is 5.10 Å². The van der Waals surface area contributed by atoms with Crippen molar-refractivity contribution < 1.29 is 9.84 Å². The number of ether oxygens (including phenoxy) is 1. The lowest BCUT2D eigenvalue weighted by Crippen LogP contribution is -2.27. The van der Waals surface area contributed by atoms with Gasteiger partial charge in [-0.25, -0.2) is 4.68 Å². The van der Waals surface area contributed by atoms with Gasteiger partial charge in [0.05, 0.1) is 18.0 Å². The highest BCUT2D eigenvalue weighted by Crippen LogP contribution is 2.19. The van der Waals surface area contributed by atoms with Crippen LogP contribution in [0.4, 0.5) is 5.69 Å². The maximum absolute atomic E-state index is 12.0. The van der Waals surface area contributed by atoms with Crippen LogP contribution >= 0.6 is 0 Å². The van der Waals surface area contributed by atoms with E-state index in [0.29, 0.717) is 6.54 Å². The minimum Gasteiger partial charge on any atom is -0.396 e. The minimum atomic E-state index is -0.0626. The zero-order valence-corrected chi connectivity index (χ0v) is 12.0. The molecule has 0 saturated carbocycles. The zero-order chi connectivity index (χ0) is 14.4. The summed E-state index contributed by atoms with van der Waals surface area (Å²) in [5.41, 5.74) is 0.813. The quantitative estimate of drug-likeness (QED) is 0.743. The summed E-state index contributed by atoms with van der Waals surface area (Å²) in [5, 5.41) is 12.9. The second-order valence-electron chi connectivity index (χ2n) is 5.15. The number of aryl methyl sites for hydroxylation is 1. The van der Waals surface area contributed by atoms with Crippen molar-refractivity contribution in [2.45, 2.75) is 38.3 Å². The van der Waals surface area contributed by atoms with Gasteiger partial charge in [0, 0.05) is 39.4 Å². The number of aliphatic hydroxyl groups is 1. The number of aliphatic hydroxyl groups excluding tert-OH is 1. The third-order valence-corrected chi connectivity index (χ3v) is 3.73. The van der Waals surface area contributed by atoms with E-state index in [1.54, 1.807) is 19.4 Å². The Bertz CT molecular complexity index is 475. The summed E-state index contributed by atoms with van der Waals surface area (Å²) in [5.74, 6) is 0. The van der Waals surface area contributed by atoms with Gasteiger partial charge in [-0.15, -0.1) is 0 Å². The normalized spacial score (nSPS) is 18.7. The summed E-state index contributed by atoms with van der Waals surface area (Å²) < 4.78 is 6.82. The monoisotopic (exact) mass is 281 g/mol. The van der Waals surface area contributed by atoms with E-state index in [2.05, 4.69) is 10.00 Å². The average molecular weight is 281 g/mol. The van der Waals surface area contributed by atoms with E-state index in [-0.39, 0.29) is 18.3 Å². The first-order chi connectivity index (χ1) is 9.74. The molecular formula is C14H23N3O3. The van der Waals surface area contributed by atoms with Crippen LogP contribution in [0.15, 0.2) is 17.1 Å². The molecule has 1 N–H and O–H groups in total. The second kappa shape index (κ2) is 7.40. The molecule has 0 aliphatic carbocycles. The van der Waals surface area contributed by atoms with Crippen molar-refractivity contribution in [3.63, 3.8) is 0 Å². The predicted molar refractivity (Wildman–Crippen MR) is 77.1 cm³/mol. The largest absolute Gasteiger partial charge is 0.396 e. The molecule has 0 aromatic carbocycles. The molecular weight excluding hydrogens is 258 g/mol. The Morgan fingerprint density at radius 2 is 2.30 bits per heavy atom. The van der Waals surface area contributed by atoms with Crippen molar-refractivity contribution in [3.8, 4) is 0 Å². The summed E-state index contributed by atoms with van der Waals surface area (Å²) in [7, 11) is 1.72. The van der Waals surface area contributed by atoms with Crippen molar-refractivity contribution in [2.75, 3.05) is 31.7 Å². The fourth-order valence-electron chi connectivity index (χ4n) is 2.47. The van der Waals surface area contributed by atoms with Gasteiger partial charge in [0.2, 0.25) is 0 Å². The molecule has 6 heteroatoms. The SMILES string of the molecule is COC1CCN(c2cnn(CCCCCO)c(=O)c2)C1. The van der Waals surface area contributed by atoms with Crippen LogP contribution in [0.1, 0.15) is 25.7 Å². The average Bonchev–Trinajstić information content (AvgIpc) is 2.94. The highest BCUT2D eigenvalue weighted by atomic mass is 16.5. The van der Waals surface area contributed by atoms with Gasteiger partial charge in [0.25, 0.3) is 5.56 Å². The van der Waals surface area contributed by atoms with Gasteiger partial charge in [-0.3, -0.25) is 4.79 Å². The van der Waals surface area contributed by atoms with E-state index < -0.39 is 0 Å². The smallest absolute Gasteiger partial charge is 0.268 e. The Morgan fingerprint density at radius 3 is 2.95 bits per heavy atom. The molecule has 1 unspecified atom stereocenters. The Kier molecular flexibility index (Phi) is 5.55. The third kappa shape index (κ3) is 3.80. The number of unbranched alkanes of at least 4 members (excludes halogenated alkanes) is 2. The summed E-state index contributed by atoms with van der Waals surface area (Å²) in [4.78, 5) is 14.1. The molecule has 2 heterocycles. The Morgan fingerprint density at radius 1 is 1.45 bits per heavy atom. The third-order valence-electron chi connectivity index (χ3n) is 3.73. The van der Waals surface area contributed by atoms with Crippen molar-refractivity contribution in [3.05, 3.63) is 22.6 Å². The molecule has 0 amide bonds. The lowest BCUT2D eigenvalue weighted by Gasteiger charge is -2.18. The van der Waals surface area contributed by atoms with Gasteiger partial charge in [-0.05, 0) is 25.7 Å². The van der Waals surface area contributed by atoms with Gasteiger partial charge in [0.1, 0.15) is 0 Å². The summed E-state index contributed by atoms with van der Waals surface area (Å²) >= 11 is 0. The van der Waals surface area contributed by atoms with Crippen molar-refractivity contribution in [2.24, 2.45) is 0 Å².